The number of aliphatic hydroxyl groups excluding tert-OH is 1. The summed E-state index contributed by atoms with van der Waals surface area (Å²) in [6, 6.07) is 0.608. The maximum atomic E-state index is 11.0. The lowest BCUT2D eigenvalue weighted by Gasteiger charge is -2.33. The molecule has 1 heterocycles. The van der Waals surface area contributed by atoms with E-state index in [1.54, 1.807) is 6.92 Å². The van der Waals surface area contributed by atoms with Crippen LogP contribution in [0.5, 0.6) is 0 Å². The molecule has 0 aromatic rings. The van der Waals surface area contributed by atoms with Gasteiger partial charge >= 0.3 is 0 Å². The van der Waals surface area contributed by atoms with Gasteiger partial charge in [-0.1, -0.05) is 0 Å². The second-order valence-corrected chi connectivity index (χ2v) is 4.03. The summed E-state index contributed by atoms with van der Waals surface area (Å²) >= 11 is 0. The fourth-order valence-corrected chi connectivity index (χ4v) is 1.82. The summed E-state index contributed by atoms with van der Waals surface area (Å²) < 4.78 is 0. The first kappa shape index (κ1) is 11.5. The summed E-state index contributed by atoms with van der Waals surface area (Å²) in [7, 11) is 0. The number of likely N-dealkylation sites (tertiary alicyclic amines) is 1. The number of rotatable bonds is 3. The van der Waals surface area contributed by atoms with Crippen LogP contribution in [0.15, 0.2) is 0 Å². The Labute approximate surface area is 85.3 Å². The van der Waals surface area contributed by atoms with Crippen molar-refractivity contribution in [3.05, 3.63) is 0 Å². The molecule has 1 fully saturated rings. The highest BCUT2D eigenvalue weighted by molar-refractivity contribution is 5.73. The largest absolute Gasteiger partial charge is 0.395 e. The van der Waals surface area contributed by atoms with Crippen molar-refractivity contribution < 1.29 is 9.90 Å². The molecule has 0 aromatic carbocycles. The van der Waals surface area contributed by atoms with Crippen molar-refractivity contribution >= 4 is 5.91 Å². The summed E-state index contributed by atoms with van der Waals surface area (Å²) in [5, 5.41) is 12.2. The second kappa shape index (κ2) is 5.32. The number of amides is 1. The Morgan fingerprint density at radius 2 is 2.14 bits per heavy atom. The zero-order chi connectivity index (χ0) is 10.6. The van der Waals surface area contributed by atoms with Crippen molar-refractivity contribution in [3.8, 4) is 0 Å². The van der Waals surface area contributed by atoms with Crippen molar-refractivity contribution in [2.75, 3.05) is 19.7 Å². The van der Waals surface area contributed by atoms with Gasteiger partial charge in [-0.2, -0.15) is 0 Å². The number of aliphatic hydroxyl groups is 1. The third kappa shape index (κ3) is 3.27. The average molecular weight is 200 g/mol. The molecule has 0 aliphatic carbocycles. The molecule has 1 unspecified atom stereocenters. The molecule has 0 saturated carbocycles. The van der Waals surface area contributed by atoms with Gasteiger partial charge in [0, 0.05) is 32.1 Å². The molecule has 2 N–H and O–H groups in total. The smallest absolute Gasteiger partial charge is 0.219 e. The van der Waals surface area contributed by atoms with E-state index in [0.717, 1.165) is 25.9 Å². The summed E-state index contributed by atoms with van der Waals surface area (Å²) in [5.74, 6) is 0.165. The van der Waals surface area contributed by atoms with E-state index in [1.165, 1.54) is 0 Å². The van der Waals surface area contributed by atoms with Crippen LogP contribution in [0.2, 0.25) is 0 Å². The van der Waals surface area contributed by atoms with Crippen LogP contribution in [-0.2, 0) is 4.79 Å². The molecule has 1 rings (SSSR count). The molecule has 1 atom stereocenters. The number of carbonyl (C=O) groups is 1. The highest BCUT2D eigenvalue weighted by Crippen LogP contribution is 2.10. The van der Waals surface area contributed by atoms with Gasteiger partial charge in [0.05, 0.1) is 6.61 Å². The first-order valence-electron chi connectivity index (χ1n) is 5.26. The molecule has 4 heteroatoms. The third-order valence-electron chi connectivity index (χ3n) is 2.73. The minimum atomic E-state index is 0.156. The van der Waals surface area contributed by atoms with E-state index in [2.05, 4.69) is 5.32 Å². The first-order valence-corrected chi connectivity index (χ1v) is 5.26. The van der Waals surface area contributed by atoms with E-state index >= 15 is 0 Å². The van der Waals surface area contributed by atoms with Crippen LogP contribution in [0.1, 0.15) is 26.7 Å². The molecule has 1 amide bonds. The Morgan fingerprint density at radius 1 is 1.57 bits per heavy atom. The summed E-state index contributed by atoms with van der Waals surface area (Å²) in [6.45, 7) is 5.44. The van der Waals surface area contributed by atoms with E-state index in [0.29, 0.717) is 6.04 Å². The molecular weight excluding hydrogens is 180 g/mol. The van der Waals surface area contributed by atoms with Crippen LogP contribution in [0, 0.1) is 0 Å². The monoisotopic (exact) mass is 200 g/mol. The Kier molecular flexibility index (Phi) is 4.35. The normalized spacial score (nSPS) is 20.9. The predicted octanol–water partition coefficient (Wildman–Crippen LogP) is -0.0323. The van der Waals surface area contributed by atoms with E-state index in [1.807, 2.05) is 11.8 Å². The lowest BCUT2D eigenvalue weighted by molar-refractivity contribution is -0.129. The van der Waals surface area contributed by atoms with Crippen LogP contribution >= 0.6 is 0 Å². The number of hydrogen-bond acceptors (Lipinski definition) is 3. The minimum Gasteiger partial charge on any atom is -0.395 e. The molecule has 82 valence electrons. The summed E-state index contributed by atoms with van der Waals surface area (Å²) in [4.78, 5) is 12.9. The zero-order valence-corrected chi connectivity index (χ0v) is 8.99. The van der Waals surface area contributed by atoms with E-state index in [4.69, 9.17) is 5.11 Å². The van der Waals surface area contributed by atoms with Crippen LogP contribution in [0.3, 0.4) is 0 Å². The second-order valence-electron chi connectivity index (χ2n) is 4.03. The SMILES string of the molecule is CC(=O)N1CCC(NC(C)CO)CC1. The van der Waals surface area contributed by atoms with Gasteiger partial charge < -0.3 is 15.3 Å². The highest BCUT2D eigenvalue weighted by atomic mass is 16.3. The van der Waals surface area contributed by atoms with Gasteiger partial charge in [0.15, 0.2) is 0 Å². The molecule has 0 radical (unpaired) electrons. The molecule has 0 spiro atoms. The van der Waals surface area contributed by atoms with Crippen LogP contribution in [0.4, 0.5) is 0 Å². The Bertz CT molecular complexity index is 189. The van der Waals surface area contributed by atoms with E-state index in [-0.39, 0.29) is 18.6 Å². The number of nitrogens with zero attached hydrogens (tertiary/aromatic N) is 1. The topological polar surface area (TPSA) is 52.6 Å². The van der Waals surface area contributed by atoms with Crippen LogP contribution in [0.25, 0.3) is 0 Å². The van der Waals surface area contributed by atoms with Crippen molar-refractivity contribution in [1.29, 1.82) is 0 Å². The van der Waals surface area contributed by atoms with Crippen molar-refractivity contribution in [2.24, 2.45) is 0 Å². The Hall–Kier alpha value is -0.610. The molecule has 1 aliphatic heterocycles. The highest BCUT2D eigenvalue weighted by Gasteiger charge is 2.21. The summed E-state index contributed by atoms with van der Waals surface area (Å²) in [6.07, 6.45) is 1.98. The maximum absolute atomic E-state index is 11.0. The van der Waals surface area contributed by atoms with E-state index < -0.39 is 0 Å². The quantitative estimate of drug-likeness (QED) is 0.672. The Morgan fingerprint density at radius 3 is 2.57 bits per heavy atom. The van der Waals surface area contributed by atoms with Gasteiger partial charge in [-0.15, -0.1) is 0 Å². The lowest BCUT2D eigenvalue weighted by atomic mass is 10.0. The average Bonchev–Trinajstić information content (AvgIpc) is 2.18. The zero-order valence-electron chi connectivity index (χ0n) is 8.99. The molecule has 4 nitrogen and oxygen atoms in total. The number of hydrogen-bond donors (Lipinski definition) is 2. The van der Waals surface area contributed by atoms with Gasteiger partial charge in [0.25, 0.3) is 0 Å². The fourth-order valence-electron chi connectivity index (χ4n) is 1.82. The standard InChI is InChI=1S/C10H20N2O2/c1-8(7-13)11-10-3-5-12(6-4-10)9(2)14/h8,10-11,13H,3-7H2,1-2H3. The molecule has 14 heavy (non-hydrogen) atoms. The first-order chi connectivity index (χ1) is 6.63. The molecule has 0 bridgehead atoms. The summed E-state index contributed by atoms with van der Waals surface area (Å²) in [5.41, 5.74) is 0. The van der Waals surface area contributed by atoms with Crippen molar-refractivity contribution in [2.45, 2.75) is 38.8 Å². The van der Waals surface area contributed by atoms with E-state index in [9.17, 15) is 4.79 Å². The van der Waals surface area contributed by atoms with Gasteiger partial charge in [-0.05, 0) is 19.8 Å². The van der Waals surface area contributed by atoms with Gasteiger partial charge in [0.1, 0.15) is 0 Å². The number of nitrogens with one attached hydrogen (secondary N) is 1. The van der Waals surface area contributed by atoms with Crippen LogP contribution in [-0.4, -0.2) is 47.7 Å². The molecular formula is C10H20N2O2. The minimum absolute atomic E-state index is 0.156. The number of piperidine rings is 1. The maximum Gasteiger partial charge on any atom is 0.219 e. The third-order valence-corrected chi connectivity index (χ3v) is 2.73. The van der Waals surface area contributed by atoms with Crippen molar-refractivity contribution in [1.82, 2.24) is 10.2 Å². The predicted molar refractivity (Wildman–Crippen MR) is 55.0 cm³/mol. The van der Waals surface area contributed by atoms with Gasteiger partial charge in [-0.25, -0.2) is 0 Å². The van der Waals surface area contributed by atoms with Crippen LogP contribution < -0.4 is 5.32 Å². The number of carbonyl (C=O) groups excluding carboxylic acids is 1. The fraction of sp³-hybridized carbons (Fsp3) is 0.900. The lowest BCUT2D eigenvalue weighted by Crippen LogP contribution is -2.47. The molecule has 1 saturated heterocycles. The Balaban J connectivity index is 2.25. The molecule has 0 aromatic heterocycles. The van der Waals surface area contributed by atoms with Gasteiger partial charge in [-0.3, -0.25) is 4.79 Å². The van der Waals surface area contributed by atoms with Gasteiger partial charge in [0.2, 0.25) is 5.91 Å². The van der Waals surface area contributed by atoms with Crippen molar-refractivity contribution in [3.63, 3.8) is 0 Å². The molecule has 1 aliphatic rings.